The highest BCUT2D eigenvalue weighted by molar-refractivity contribution is 5.79. The predicted octanol–water partition coefficient (Wildman–Crippen LogP) is 3.59. The maximum Gasteiger partial charge on any atom is 0.191 e. The topological polar surface area (TPSA) is 48.9 Å². The Hall–Kier alpha value is -1.59. The van der Waals surface area contributed by atoms with Crippen LogP contribution in [-0.2, 0) is 4.74 Å². The number of hydrogen-bond acceptors (Lipinski definition) is 3. The van der Waals surface area contributed by atoms with Crippen molar-refractivity contribution in [1.82, 2.24) is 15.5 Å². The third kappa shape index (κ3) is 6.21. The van der Waals surface area contributed by atoms with Crippen molar-refractivity contribution in [1.29, 1.82) is 0 Å². The summed E-state index contributed by atoms with van der Waals surface area (Å²) in [5.74, 6) is 0.949. The smallest absolute Gasteiger partial charge is 0.191 e. The van der Waals surface area contributed by atoms with E-state index in [1.54, 1.807) is 0 Å². The zero-order valence-corrected chi connectivity index (χ0v) is 17.8. The molecule has 2 aliphatic rings. The number of nitrogens with zero attached hydrogens (tertiary/aromatic N) is 2. The highest BCUT2D eigenvalue weighted by Crippen LogP contribution is 2.49. The molecule has 0 amide bonds. The standard InChI is InChI=1S/C23H38N4O/c1-3-24-22(26-19-23(12-13-23)14-17-28-4-2)25-18-21(27-15-8-9-16-27)20-10-6-5-7-11-20/h5-7,10-11,21H,3-4,8-9,12-19H2,1-2H3,(H2,24,25,26). The van der Waals surface area contributed by atoms with E-state index in [0.29, 0.717) is 11.5 Å². The summed E-state index contributed by atoms with van der Waals surface area (Å²) in [5, 5.41) is 7.07. The molecule has 1 saturated carbocycles. The summed E-state index contributed by atoms with van der Waals surface area (Å²) in [6, 6.07) is 11.3. The van der Waals surface area contributed by atoms with Crippen molar-refractivity contribution in [2.24, 2.45) is 10.4 Å². The number of hydrogen-bond donors (Lipinski definition) is 2. The van der Waals surface area contributed by atoms with E-state index < -0.39 is 0 Å². The van der Waals surface area contributed by atoms with Crippen molar-refractivity contribution in [2.75, 3.05) is 45.9 Å². The van der Waals surface area contributed by atoms with Crippen LogP contribution in [0.5, 0.6) is 0 Å². The van der Waals surface area contributed by atoms with Crippen molar-refractivity contribution in [3.63, 3.8) is 0 Å². The van der Waals surface area contributed by atoms with Crippen LogP contribution in [0.3, 0.4) is 0 Å². The van der Waals surface area contributed by atoms with Crippen molar-refractivity contribution < 1.29 is 4.74 Å². The second kappa shape index (κ2) is 10.8. The first-order chi connectivity index (χ1) is 13.8. The molecule has 156 valence electrons. The maximum absolute atomic E-state index is 5.56. The molecule has 3 rings (SSSR count). The second-order valence-electron chi connectivity index (χ2n) is 8.19. The van der Waals surface area contributed by atoms with Crippen LogP contribution >= 0.6 is 0 Å². The van der Waals surface area contributed by atoms with E-state index >= 15 is 0 Å². The maximum atomic E-state index is 5.56. The fraction of sp³-hybridized carbons (Fsp3) is 0.696. The van der Waals surface area contributed by atoms with Gasteiger partial charge in [-0.2, -0.15) is 0 Å². The fourth-order valence-electron chi connectivity index (χ4n) is 4.07. The monoisotopic (exact) mass is 386 g/mol. The molecule has 5 heteroatoms. The molecule has 1 aliphatic heterocycles. The summed E-state index contributed by atoms with van der Waals surface area (Å²) >= 11 is 0. The molecule has 1 unspecified atom stereocenters. The molecule has 1 aliphatic carbocycles. The first-order valence-electron chi connectivity index (χ1n) is 11.2. The van der Waals surface area contributed by atoms with Crippen LogP contribution in [0, 0.1) is 5.41 Å². The average molecular weight is 387 g/mol. The summed E-state index contributed by atoms with van der Waals surface area (Å²) in [6.45, 7) is 10.9. The average Bonchev–Trinajstić information content (AvgIpc) is 3.28. The number of aliphatic imine (C=N–C) groups is 1. The molecule has 1 atom stereocenters. The van der Waals surface area contributed by atoms with Gasteiger partial charge in [0.15, 0.2) is 5.96 Å². The molecule has 0 spiro atoms. The Bertz CT molecular complexity index is 594. The van der Waals surface area contributed by atoms with E-state index in [4.69, 9.17) is 9.73 Å². The van der Waals surface area contributed by atoms with E-state index in [0.717, 1.165) is 45.2 Å². The van der Waals surface area contributed by atoms with Crippen molar-refractivity contribution >= 4 is 5.96 Å². The Labute approximate surface area is 170 Å². The molecule has 2 fully saturated rings. The molecule has 1 aromatic carbocycles. The molecule has 1 heterocycles. The van der Waals surface area contributed by atoms with E-state index in [-0.39, 0.29) is 0 Å². The third-order valence-electron chi connectivity index (χ3n) is 6.08. The lowest BCUT2D eigenvalue weighted by Gasteiger charge is -2.29. The summed E-state index contributed by atoms with van der Waals surface area (Å²) in [7, 11) is 0. The van der Waals surface area contributed by atoms with E-state index in [9.17, 15) is 0 Å². The lowest BCUT2D eigenvalue weighted by molar-refractivity contribution is 0.129. The number of guanidine groups is 1. The number of rotatable bonds is 11. The highest BCUT2D eigenvalue weighted by Gasteiger charge is 2.41. The van der Waals surface area contributed by atoms with Crippen molar-refractivity contribution in [3.8, 4) is 0 Å². The van der Waals surface area contributed by atoms with Gasteiger partial charge >= 0.3 is 0 Å². The van der Waals surface area contributed by atoms with Gasteiger partial charge in [-0.05, 0) is 70.0 Å². The van der Waals surface area contributed by atoms with Gasteiger partial charge in [-0.3, -0.25) is 9.89 Å². The normalized spacial score (nSPS) is 20.1. The number of nitrogens with one attached hydrogen (secondary N) is 2. The first-order valence-corrected chi connectivity index (χ1v) is 11.2. The molecule has 1 saturated heterocycles. The van der Waals surface area contributed by atoms with Crippen LogP contribution in [0.4, 0.5) is 0 Å². The highest BCUT2D eigenvalue weighted by atomic mass is 16.5. The molecule has 1 aromatic rings. The summed E-state index contributed by atoms with van der Waals surface area (Å²) in [4.78, 5) is 7.55. The Morgan fingerprint density at radius 3 is 2.54 bits per heavy atom. The zero-order chi connectivity index (χ0) is 19.7. The molecule has 28 heavy (non-hydrogen) atoms. The Balaban J connectivity index is 1.59. The Morgan fingerprint density at radius 2 is 1.89 bits per heavy atom. The zero-order valence-electron chi connectivity index (χ0n) is 17.8. The Morgan fingerprint density at radius 1 is 1.14 bits per heavy atom. The van der Waals surface area contributed by atoms with Crippen LogP contribution in [0.15, 0.2) is 35.3 Å². The number of ether oxygens (including phenoxy) is 1. The van der Waals surface area contributed by atoms with Crippen LogP contribution in [-0.4, -0.2) is 56.8 Å². The summed E-state index contributed by atoms with van der Waals surface area (Å²) in [5.41, 5.74) is 1.77. The first kappa shape index (κ1) is 21.1. The predicted molar refractivity (Wildman–Crippen MR) is 117 cm³/mol. The molecule has 2 N–H and O–H groups in total. The second-order valence-corrected chi connectivity index (χ2v) is 8.19. The van der Waals surface area contributed by atoms with Crippen LogP contribution < -0.4 is 10.6 Å². The van der Waals surface area contributed by atoms with Gasteiger partial charge in [0.2, 0.25) is 0 Å². The van der Waals surface area contributed by atoms with Gasteiger partial charge in [0.1, 0.15) is 0 Å². The molecule has 0 radical (unpaired) electrons. The minimum absolute atomic E-state index is 0.380. The van der Waals surface area contributed by atoms with Gasteiger partial charge in [-0.1, -0.05) is 30.3 Å². The van der Waals surface area contributed by atoms with E-state index in [1.165, 1.54) is 44.3 Å². The minimum atomic E-state index is 0.380. The molecule has 5 nitrogen and oxygen atoms in total. The lowest BCUT2D eigenvalue weighted by atomic mass is 10.0. The Kier molecular flexibility index (Phi) is 8.16. The van der Waals surface area contributed by atoms with Crippen LogP contribution in [0.25, 0.3) is 0 Å². The lowest BCUT2D eigenvalue weighted by Crippen LogP contribution is -2.43. The van der Waals surface area contributed by atoms with Gasteiger partial charge in [0.25, 0.3) is 0 Å². The quantitative estimate of drug-likeness (QED) is 0.347. The van der Waals surface area contributed by atoms with Gasteiger partial charge in [-0.25, -0.2) is 0 Å². The molecular weight excluding hydrogens is 348 g/mol. The van der Waals surface area contributed by atoms with Gasteiger partial charge in [-0.15, -0.1) is 0 Å². The van der Waals surface area contributed by atoms with Crippen LogP contribution in [0.1, 0.15) is 57.6 Å². The third-order valence-corrected chi connectivity index (χ3v) is 6.08. The van der Waals surface area contributed by atoms with E-state index in [1.807, 2.05) is 0 Å². The summed E-state index contributed by atoms with van der Waals surface area (Å²) in [6.07, 6.45) is 6.30. The molecular formula is C23H38N4O. The van der Waals surface area contributed by atoms with Gasteiger partial charge in [0, 0.05) is 32.8 Å². The molecule has 0 bridgehead atoms. The largest absolute Gasteiger partial charge is 0.382 e. The van der Waals surface area contributed by atoms with Crippen molar-refractivity contribution in [3.05, 3.63) is 35.9 Å². The van der Waals surface area contributed by atoms with E-state index in [2.05, 4.69) is 59.7 Å². The minimum Gasteiger partial charge on any atom is -0.382 e. The van der Waals surface area contributed by atoms with Gasteiger partial charge < -0.3 is 15.4 Å². The van der Waals surface area contributed by atoms with Crippen molar-refractivity contribution in [2.45, 2.75) is 52.0 Å². The van der Waals surface area contributed by atoms with Crippen LogP contribution in [0.2, 0.25) is 0 Å². The fourth-order valence-corrected chi connectivity index (χ4v) is 4.07. The molecule has 0 aromatic heterocycles. The van der Waals surface area contributed by atoms with Gasteiger partial charge in [0.05, 0.1) is 6.04 Å². The number of likely N-dealkylation sites (tertiary alicyclic amines) is 1. The SMILES string of the molecule is CCNC(=NCC1(CCOCC)CC1)NCC(c1ccccc1)N1CCCC1. The summed E-state index contributed by atoms with van der Waals surface area (Å²) < 4.78 is 5.56. The number of benzene rings is 1.